The van der Waals surface area contributed by atoms with Crippen LogP contribution in [0.15, 0.2) is 41.1 Å². The van der Waals surface area contributed by atoms with E-state index in [-0.39, 0.29) is 0 Å². The molecule has 0 bridgehead atoms. The molecule has 23 heavy (non-hydrogen) atoms. The lowest BCUT2D eigenvalue weighted by molar-refractivity contribution is 0.0830. The smallest absolute Gasteiger partial charge is 0.132 e. The first-order valence-corrected chi connectivity index (χ1v) is 8.66. The number of hydrogen-bond acceptors (Lipinski definition) is 4. The number of furan rings is 1. The van der Waals surface area contributed by atoms with E-state index in [9.17, 15) is 5.11 Å². The SMILES string of the molecule is OC(CC1CCCCCN1Cc1ccc(Cl)nc1)c1ccco1. The standard InChI is InChI=1S/C18H23ClN2O2/c19-18-8-7-14(12-20-18)13-21-9-3-1-2-5-15(21)11-16(22)17-6-4-10-23-17/h4,6-8,10,12,15-16,22H,1-3,5,9,11,13H2. The number of aromatic nitrogens is 1. The van der Waals surface area contributed by atoms with Crippen molar-refractivity contribution in [1.29, 1.82) is 0 Å². The molecule has 1 aliphatic rings. The van der Waals surface area contributed by atoms with Gasteiger partial charge >= 0.3 is 0 Å². The van der Waals surface area contributed by atoms with E-state index in [1.54, 1.807) is 6.26 Å². The van der Waals surface area contributed by atoms with Crippen molar-refractivity contribution in [2.24, 2.45) is 0 Å². The molecule has 124 valence electrons. The number of aliphatic hydroxyl groups excluding tert-OH is 1. The minimum Gasteiger partial charge on any atom is -0.467 e. The summed E-state index contributed by atoms with van der Waals surface area (Å²) in [5.41, 5.74) is 1.16. The Morgan fingerprint density at radius 2 is 2.22 bits per heavy atom. The Balaban J connectivity index is 1.68. The van der Waals surface area contributed by atoms with Crippen LogP contribution >= 0.6 is 11.6 Å². The summed E-state index contributed by atoms with van der Waals surface area (Å²) >= 11 is 5.87. The maximum Gasteiger partial charge on any atom is 0.132 e. The Kier molecular flexibility index (Phi) is 5.70. The third-order valence-electron chi connectivity index (χ3n) is 4.54. The van der Waals surface area contributed by atoms with E-state index in [0.717, 1.165) is 25.1 Å². The minimum atomic E-state index is -0.543. The van der Waals surface area contributed by atoms with Gasteiger partial charge in [-0.05, 0) is 49.6 Å². The van der Waals surface area contributed by atoms with E-state index in [0.29, 0.717) is 23.4 Å². The third kappa shape index (κ3) is 4.56. The van der Waals surface area contributed by atoms with Gasteiger partial charge in [-0.25, -0.2) is 4.98 Å². The van der Waals surface area contributed by atoms with E-state index < -0.39 is 6.10 Å². The summed E-state index contributed by atoms with van der Waals surface area (Å²) in [6.07, 6.45) is 8.39. The lowest BCUT2D eigenvalue weighted by atomic mass is 10.0. The van der Waals surface area contributed by atoms with Crippen molar-refractivity contribution in [1.82, 2.24) is 9.88 Å². The zero-order chi connectivity index (χ0) is 16.1. The fourth-order valence-electron chi connectivity index (χ4n) is 3.30. The van der Waals surface area contributed by atoms with Crippen LogP contribution in [0.2, 0.25) is 5.15 Å². The third-order valence-corrected chi connectivity index (χ3v) is 4.76. The summed E-state index contributed by atoms with van der Waals surface area (Å²) in [4.78, 5) is 6.63. The average molecular weight is 335 g/mol. The summed E-state index contributed by atoms with van der Waals surface area (Å²) in [6, 6.07) is 7.88. The molecule has 0 radical (unpaired) electrons. The minimum absolute atomic E-state index is 0.355. The monoisotopic (exact) mass is 334 g/mol. The van der Waals surface area contributed by atoms with Crippen LogP contribution in [0.5, 0.6) is 0 Å². The molecule has 1 saturated heterocycles. The van der Waals surface area contributed by atoms with E-state index in [4.69, 9.17) is 16.0 Å². The van der Waals surface area contributed by atoms with Gasteiger partial charge in [-0.2, -0.15) is 0 Å². The summed E-state index contributed by atoms with van der Waals surface area (Å²) in [7, 11) is 0. The predicted molar refractivity (Wildman–Crippen MR) is 90.2 cm³/mol. The quantitative estimate of drug-likeness (QED) is 0.833. The fourth-order valence-corrected chi connectivity index (χ4v) is 3.41. The Morgan fingerprint density at radius 3 is 2.96 bits per heavy atom. The summed E-state index contributed by atoms with van der Waals surface area (Å²) < 4.78 is 5.34. The van der Waals surface area contributed by atoms with Crippen molar-refractivity contribution in [3.8, 4) is 0 Å². The molecule has 4 nitrogen and oxygen atoms in total. The molecule has 1 fully saturated rings. The highest BCUT2D eigenvalue weighted by Crippen LogP contribution is 2.27. The van der Waals surface area contributed by atoms with Crippen molar-refractivity contribution >= 4 is 11.6 Å². The molecule has 3 heterocycles. The lowest BCUT2D eigenvalue weighted by Gasteiger charge is -2.31. The number of hydrogen-bond donors (Lipinski definition) is 1. The average Bonchev–Trinajstić information content (AvgIpc) is 3.01. The van der Waals surface area contributed by atoms with E-state index in [1.807, 2.05) is 30.5 Å². The van der Waals surface area contributed by atoms with Crippen LogP contribution in [-0.4, -0.2) is 27.6 Å². The molecule has 0 saturated carbocycles. The van der Waals surface area contributed by atoms with Crippen LogP contribution in [0, 0.1) is 0 Å². The first-order chi connectivity index (χ1) is 11.2. The molecule has 3 rings (SSSR count). The van der Waals surface area contributed by atoms with Gasteiger partial charge in [0.05, 0.1) is 6.26 Å². The van der Waals surface area contributed by atoms with Gasteiger partial charge in [0.15, 0.2) is 0 Å². The summed E-state index contributed by atoms with van der Waals surface area (Å²) in [5.74, 6) is 0.655. The van der Waals surface area contributed by atoms with Gasteiger partial charge in [-0.15, -0.1) is 0 Å². The van der Waals surface area contributed by atoms with Crippen LogP contribution in [0.4, 0.5) is 0 Å². The zero-order valence-electron chi connectivity index (χ0n) is 13.2. The van der Waals surface area contributed by atoms with Crippen LogP contribution < -0.4 is 0 Å². The Hall–Kier alpha value is -1.36. The Labute approximate surface area is 142 Å². The highest BCUT2D eigenvalue weighted by Gasteiger charge is 2.25. The van der Waals surface area contributed by atoms with Crippen LogP contribution in [0.1, 0.15) is 49.5 Å². The molecular weight excluding hydrogens is 312 g/mol. The highest BCUT2D eigenvalue weighted by molar-refractivity contribution is 6.29. The predicted octanol–water partition coefficient (Wildman–Crippen LogP) is 4.20. The zero-order valence-corrected chi connectivity index (χ0v) is 14.0. The maximum absolute atomic E-state index is 10.4. The van der Waals surface area contributed by atoms with E-state index >= 15 is 0 Å². The van der Waals surface area contributed by atoms with Crippen molar-refractivity contribution < 1.29 is 9.52 Å². The van der Waals surface area contributed by atoms with Crippen LogP contribution in [0.3, 0.4) is 0 Å². The molecule has 2 unspecified atom stereocenters. The van der Waals surface area contributed by atoms with Gasteiger partial charge in [-0.3, -0.25) is 4.90 Å². The van der Waals surface area contributed by atoms with Gasteiger partial charge in [0.25, 0.3) is 0 Å². The maximum atomic E-state index is 10.4. The molecule has 5 heteroatoms. The molecule has 2 atom stereocenters. The number of pyridine rings is 1. The second-order valence-corrected chi connectivity index (χ2v) is 6.62. The largest absolute Gasteiger partial charge is 0.467 e. The van der Waals surface area contributed by atoms with Crippen molar-refractivity contribution in [3.05, 3.63) is 53.2 Å². The van der Waals surface area contributed by atoms with Crippen molar-refractivity contribution in [3.63, 3.8) is 0 Å². The first kappa shape index (κ1) is 16.5. The van der Waals surface area contributed by atoms with Crippen LogP contribution in [0.25, 0.3) is 0 Å². The summed E-state index contributed by atoms with van der Waals surface area (Å²) in [6.45, 7) is 1.90. The van der Waals surface area contributed by atoms with Gasteiger partial charge in [0.2, 0.25) is 0 Å². The van der Waals surface area contributed by atoms with E-state index in [1.165, 1.54) is 19.3 Å². The van der Waals surface area contributed by atoms with Gasteiger partial charge in [0, 0.05) is 18.8 Å². The Bertz CT molecular complexity index is 586. The number of rotatable bonds is 5. The second kappa shape index (κ2) is 7.95. The molecule has 0 aliphatic carbocycles. The number of aliphatic hydroxyl groups is 1. The number of nitrogens with zero attached hydrogens (tertiary/aromatic N) is 2. The summed E-state index contributed by atoms with van der Waals surface area (Å²) in [5, 5.41) is 10.9. The van der Waals surface area contributed by atoms with Gasteiger partial charge in [-0.1, -0.05) is 30.5 Å². The molecule has 0 amide bonds. The number of likely N-dealkylation sites (tertiary alicyclic amines) is 1. The fraction of sp³-hybridized carbons (Fsp3) is 0.500. The molecule has 2 aromatic rings. The van der Waals surface area contributed by atoms with Crippen molar-refractivity contribution in [2.75, 3.05) is 6.54 Å². The topological polar surface area (TPSA) is 49.5 Å². The molecule has 0 spiro atoms. The molecular formula is C18H23ClN2O2. The second-order valence-electron chi connectivity index (χ2n) is 6.23. The van der Waals surface area contributed by atoms with Gasteiger partial charge in [0.1, 0.15) is 17.0 Å². The van der Waals surface area contributed by atoms with Crippen LogP contribution in [-0.2, 0) is 6.54 Å². The lowest BCUT2D eigenvalue weighted by Crippen LogP contribution is -2.35. The molecule has 2 aromatic heterocycles. The Morgan fingerprint density at radius 1 is 1.30 bits per heavy atom. The van der Waals surface area contributed by atoms with Gasteiger partial charge < -0.3 is 9.52 Å². The normalized spacial score (nSPS) is 21.0. The first-order valence-electron chi connectivity index (χ1n) is 8.28. The van der Waals surface area contributed by atoms with Crippen molar-refractivity contribution in [2.45, 2.75) is 50.8 Å². The molecule has 0 aromatic carbocycles. The van der Waals surface area contributed by atoms with E-state index in [2.05, 4.69) is 9.88 Å². The molecule has 1 N–H and O–H groups in total. The number of halogens is 1. The molecule has 1 aliphatic heterocycles. The highest BCUT2D eigenvalue weighted by atomic mass is 35.5.